The summed E-state index contributed by atoms with van der Waals surface area (Å²) in [6.07, 6.45) is 1.58. The van der Waals surface area contributed by atoms with E-state index in [1.807, 2.05) is 43.3 Å². The van der Waals surface area contributed by atoms with Gasteiger partial charge in [-0.05, 0) is 30.5 Å². The number of Topliss-reactive ketones (excluding diaryl/α,β-unsaturated/α-hetero) is 1. The average Bonchev–Trinajstić information content (AvgIpc) is 2.90. The summed E-state index contributed by atoms with van der Waals surface area (Å²) in [5.74, 6) is -0.162. The van der Waals surface area contributed by atoms with Crippen LogP contribution in [0, 0.1) is 5.92 Å². The fourth-order valence-electron chi connectivity index (χ4n) is 5.34. The highest BCUT2D eigenvalue weighted by atomic mass is 16.5. The molecule has 1 aliphatic heterocycles. The van der Waals surface area contributed by atoms with Crippen LogP contribution in [0.25, 0.3) is 0 Å². The van der Waals surface area contributed by atoms with E-state index in [0.29, 0.717) is 54.2 Å². The van der Waals surface area contributed by atoms with Crippen molar-refractivity contribution >= 4 is 11.8 Å². The second-order valence-corrected chi connectivity index (χ2v) is 9.02. The van der Waals surface area contributed by atoms with Crippen LogP contribution in [0.5, 0.6) is 17.2 Å². The van der Waals surface area contributed by atoms with Crippen LogP contribution >= 0.6 is 0 Å². The van der Waals surface area contributed by atoms with Crippen molar-refractivity contribution in [2.45, 2.75) is 38.0 Å². The van der Waals surface area contributed by atoms with Crippen molar-refractivity contribution in [3.05, 3.63) is 77.1 Å². The number of rotatable bonds is 8. The van der Waals surface area contributed by atoms with E-state index in [-0.39, 0.29) is 11.7 Å². The summed E-state index contributed by atoms with van der Waals surface area (Å²) in [5.41, 5.74) is 3.50. The largest absolute Gasteiger partial charge is 0.496 e. The van der Waals surface area contributed by atoms with E-state index in [0.717, 1.165) is 17.0 Å². The predicted molar refractivity (Wildman–Crippen MR) is 136 cm³/mol. The third-order valence-electron chi connectivity index (χ3n) is 6.89. The number of nitrogens with one attached hydrogen (secondary N) is 1. The van der Waals surface area contributed by atoms with Gasteiger partial charge in [-0.25, -0.2) is 0 Å². The van der Waals surface area contributed by atoms with Crippen molar-refractivity contribution in [1.82, 2.24) is 5.32 Å². The lowest BCUT2D eigenvalue weighted by Crippen LogP contribution is -2.42. The number of carbonyl (C=O) groups is 2. The zero-order valence-corrected chi connectivity index (χ0v) is 21.3. The lowest BCUT2D eigenvalue weighted by molar-refractivity contribution is -0.148. The lowest BCUT2D eigenvalue weighted by atomic mass is 9.68. The zero-order chi connectivity index (χ0) is 25.8. The first-order chi connectivity index (χ1) is 17.4. The minimum atomic E-state index is -0.789. The lowest BCUT2D eigenvalue weighted by Gasteiger charge is -2.40. The van der Waals surface area contributed by atoms with Crippen LogP contribution in [0.4, 0.5) is 0 Å². The number of ketones is 1. The van der Waals surface area contributed by atoms with Crippen molar-refractivity contribution in [3.8, 4) is 17.2 Å². The maximum atomic E-state index is 13.8. The highest BCUT2D eigenvalue weighted by molar-refractivity contribution is 6.01. The standard InChI is InChI=1S/C29H33NO6/c1-6-14-36-29(32)25-17(2)30-21-15-18(19-10-7-8-12-23(19)33-3)16-22(31)27(21)26(25)20-11-9-13-24(34-4)28(20)35-5/h7-13,18,25-26,30H,2,6,14-16H2,1,3-5H3. The van der Waals surface area contributed by atoms with E-state index in [2.05, 4.69) is 11.9 Å². The third kappa shape index (κ3) is 4.57. The van der Waals surface area contributed by atoms with Crippen LogP contribution in [0.2, 0.25) is 0 Å². The van der Waals surface area contributed by atoms with Crippen LogP contribution in [0.15, 0.2) is 66.0 Å². The van der Waals surface area contributed by atoms with Crippen LogP contribution in [-0.4, -0.2) is 39.7 Å². The smallest absolute Gasteiger partial charge is 0.315 e. The molecule has 0 saturated carbocycles. The highest BCUT2D eigenvalue weighted by Crippen LogP contribution is 2.51. The van der Waals surface area contributed by atoms with Gasteiger partial charge in [0, 0.05) is 40.8 Å². The minimum Gasteiger partial charge on any atom is -0.496 e. The molecule has 7 heteroatoms. The van der Waals surface area contributed by atoms with E-state index in [4.69, 9.17) is 18.9 Å². The molecule has 0 fully saturated rings. The van der Waals surface area contributed by atoms with Crippen molar-refractivity contribution in [2.24, 2.45) is 5.92 Å². The summed E-state index contributed by atoms with van der Waals surface area (Å²) < 4.78 is 22.4. The summed E-state index contributed by atoms with van der Waals surface area (Å²) in [5, 5.41) is 3.31. The Balaban J connectivity index is 1.86. The first-order valence-electron chi connectivity index (χ1n) is 12.2. The number of carbonyl (C=O) groups excluding carboxylic acids is 2. The van der Waals surface area contributed by atoms with E-state index in [1.165, 1.54) is 0 Å². The molecule has 0 aromatic heterocycles. The Hall–Kier alpha value is -3.74. The van der Waals surface area contributed by atoms with Gasteiger partial charge in [-0.2, -0.15) is 0 Å². The molecule has 3 unspecified atom stereocenters. The molecular formula is C29H33NO6. The number of methoxy groups -OCH3 is 3. The fourth-order valence-corrected chi connectivity index (χ4v) is 5.34. The maximum absolute atomic E-state index is 13.8. The summed E-state index contributed by atoms with van der Waals surface area (Å²) in [7, 11) is 4.74. The van der Waals surface area contributed by atoms with E-state index in [9.17, 15) is 9.59 Å². The van der Waals surface area contributed by atoms with Crippen LogP contribution in [0.3, 0.4) is 0 Å². The molecule has 1 aliphatic carbocycles. The summed E-state index contributed by atoms with van der Waals surface area (Å²) in [6.45, 7) is 6.42. The first kappa shape index (κ1) is 25.4. The Labute approximate surface area is 212 Å². The summed E-state index contributed by atoms with van der Waals surface area (Å²) in [6, 6.07) is 13.3. The molecule has 2 aliphatic rings. The Bertz CT molecular complexity index is 1200. The number of benzene rings is 2. The van der Waals surface area contributed by atoms with Crippen molar-refractivity contribution in [2.75, 3.05) is 27.9 Å². The van der Waals surface area contributed by atoms with Gasteiger partial charge in [-0.15, -0.1) is 0 Å². The molecule has 190 valence electrons. The fraction of sp³-hybridized carbons (Fsp3) is 0.379. The van der Waals surface area contributed by atoms with E-state index >= 15 is 0 Å². The zero-order valence-electron chi connectivity index (χ0n) is 21.3. The van der Waals surface area contributed by atoms with E-state index < -0.39 is 17.8 Å². The molecule has 3 atom stereocenters. The number of para-hydroxylation sites is 2. The number of esters is 1. The molecule has 0 radical (unpaired) electrons. The Morgan fingerprint density at radius 1 is 0.972 bits per heavy atom. The van der Waals surface area contributed by atoms with Crippen molar-refractivity contribution < 1.29 is 28.5 Å². The van der Waals surface area contributed by atoms with Gasteiger partial charge in [0.2, 0.25) is 0 Å². The first-order valence-corrected chi connectivity index (χ1v) is 12.2. The van der Waals surface area contributed by atoms with Gasteiger partial charge < -0.3 is 24.3 Å². The van der Waals surface area contributed by atoms with Gasteiger partial charge in [-0.3, -0.25) is 9.59 Å². The molecular weight excluding hydrogens is 458 g/mol. The van der Waals surface area contributed by atoms with Gasteiger partial charge in [0.1, 0.15) is 11.7 Å². The second-order valence-electron chi connectivity index (χ2n) is 9.02. The summed E-state index contributed by atoms with van der Waals surface area (Å²) in [4.78, 5) is 27.2. The number of hydrogen-bond acceptors (Lipinski definition) is 7. The van der Waals surface area contributed by atoms with Gasteiger partial charge in [-0.1, -0.05) is 43.8 Å². The van der Waals surface area contributed by atoms with Gasteiger partial charge in [0.25, 0.3) is 0 Å². The second kappa shape index (κ2) is 10.9. The molecule has 2 aromatic rings. The third-order valence-corrected chi connectivity index (χ3v) is 6.89. The van der Waals surface area contributed by atoms with Crippen molar-refractivity contribution in [3.63, 3.8) is 0 Å². The average molecular weight is 492 g/mol. The number of ether oxygens (including phenoxy) is 4. The molecule has 0 amide bonds. The SMILES string of the molecule is C=C1NC2=C(C(=O)CC(c3ccccc3OC)C2)C(c2cccc(OC)c2OC)C1C(=O)OCCC. The van der Waals surface area contributed by atoms with Crippen molar-refractivity contribution in [1.29, 1.82) is 0 Å². The summed E-state index contributed by atoms with van der Waals surface area (Å²) >= 11 is 0. The van der Waals surface area contributed by atoms with Crippen LogP contribution < -0.4 is 19.5 Å². The molecule has 1 heterocycles. The topological polar surface area (TPSA) is 83.1 Å². The number of allylic oxidation sites excluding steroid dienone is 2. The Morgan fingerprint density at radius 3 is 2.36 bits per heavy atom. The molecule has 0 bridgehead atoms. The van der Waals surface area contributed by atoms with Gasteiger partial charge in [0.15, 0.2) is 17.3 Å². The normalized spacial score (nSPS) is 21.4. The molecule has 4 rings (SSSR count). The predicted octanol–water partition coefficient (Wildman–Crippen LogP) is 4.88. The molecule has 1 N–H and O–H groups in total. The van der Waals surface area contributed by atoms with Crippen LogP contribution in [-0.2, 0) is 14.3 Å². The minimum absolute atomic E-state index is 0.0321. The number of hydrogen-bond donors (Lipinski definition) is 1. The van der Waals surface area contributed by atoms with Gasteiger partial charge >= 0.3 is 5.97 Å². The molecule has 36 heavy (non-hydrogen) atoms. The molecule has 0 saturated heterocycles. The maximum Gasteiger partial charge on any atom is 0.315 e. The van der Waals surface area contributed by atoms with Gasteiger partial charge in [0.05, 0.1) is 27.9 Å². The Kier molecular flexibility index (Phi) is 7.67. The van der Waals surface area contributed by atoms with Crippen LogP contribution in [0.1, 0.15) is 49.1 Å². The highest BCUT2D eigenvalue weighted by Gasteiger charge is 2.47. The molecule has 7 nitrogen and oxygen atoms in total. The van der Waals surface area contributed by atoms with E-state index in [1.54, 1.807) is 27.4 Å². The Morgan fingerprint density at radius 2 is 1.67 bits per heavy atom. The molecule has 0 spiro atoms. The molecule has 2 aromatic carbocycles. The quantitative estimate of drug-likeness (QED) is 0.527. The monoisotopic (exact) mass is 491 g/mol.